The first-order valence-electron chi connectivity index (χ1n) is 6.06. The number of aromatic amines is 1. The molecule has 0 aliphatic rings. The van der Waals surface area contributed by atoms with Crippen LogP contribution in [0.1, 0.15) is 5.56 Å². The summed E-state index contributed by atoms with van der Waals surface area (Å²) in [7, 11) is 2.98. The van der Waals surface area contributed by atoms with Gasteiger partial charge in [0, 0.05) is 11.6 Å². The number of H-pyrrole nitrogens is 1. The van der Waals surface area contributed by atoms with Gasteiger partial charge in [0.15, 0.2) is 16.7 Å². The Morgan fingerprint density at radius 3 is 2.50 bits per heavy atom. The molecule has 0 saturated heterocycles. The van der Waals surface area contributed by atoms with Crippen molar-refractivity contribution in [1.82, 2.24) is 9.97 Å². The molecule has 0 fully saturated rings. The number of methoxy groups -OCH3 is 2. The lowest BCUT2D eigenvalue weighted by molar-refractivity contribution is 0.355. The minimum atomic E-state index is -0.511. The molecule has 8 heteroatoms. The maximum atomic E-state index is 12.0. The zero-order valence-electron chi connectivity index (χ0n) is 12.1. The van der Waals surface area contributed by atoms with Crippen LogP contribution in [0.3, 0.4) is 0 Å². The molecule has 1 aromatic heterocycles. The fraction of sp³-hybridized carbons (Fsp3) is 0.214. The summed E-state index contributed by atoms with van der Waals surface area (Å²) in [6.07, 6.45) is 1.77. The van der Waals surface area contributed by atoms with Crippen molar-refractivity contribution in [2.45, 2.75) is 5.16 Å². The third-order valence-electron chi connectivity index (χ3n) is 2.93. The number of nitrogens with zero attached hydrogens (tertiary/aromatic N) is 2. The van der Waals surface area contributed by atoms with Crippen molar-refractivity contribution < 1.29 is 9.47 Å². The van der Waals surface area contributed by atoms with E-state index in [4.69, 9.17) is 21.1 Å². The lowest BCUT2D eigenvalue weighted by Gasteiger charge is -2.12. The average Bonchev–Trinajstić information content (AvgIpc) is 2.53. The molecule has 0 bridgehead atoms. The first-order chi connectivity index (χ1) is 10.5. The summed E-state index contributed by atoms with van der Waals surface area (Å²) in [5.74, 6) is 0.878. The van der Waals surface area contributed by atoms with E-state index in [-0.39, 0.29) is 11.3 Å². The molecule has 22 heavy (non-hydrogen) atoms. The summed E-state index contributed by atoms with van der Waals surface area (Å²) in [5, 5.41) is 9.92. The normalized spacial score (nSPS) is 10.1. The summed E-state index contributed by atoms with van der Waals surface area (Å²) in [4.78, 5) is 18.8. The fourth-order valence-electron chi connectivity index (χ4n) is 1.88. The highest BCUT2D eigenvalue weighted by Crippen LogP contribution is 2.38. The van der Waals surface area contributed by atoms with Crippen molar-refractivity contribution in [1.29, 1.82) is 5.26 Å². The molecule has 0 aliphatic heterocycles. The van der Waals surface area contributed by atoms with E-state index in [1.54, 1.807) is 18.4 Å². The molecule has 2 rings (SSSR count). The van der Waals surface area contributed by atoms with E-state index in [2.05, 4.69) is 9.97 Å². The number of nitriles is 1. The lowest BCUT2D eigenvalue weighted by atomic mass is 10.1. The van der Waals surface area contributed by atoms with E-state index < -0.39 is 5.56 Å². The molecule has 1 heterocycles. The largest absolute Gasteiger partial charge is 0.493 e. The highest BCUT2D eigenvalue weighted by Gasteiger charge is 2.18. The number of benzene rings is 1. The molecule has 1 aromatic carbocycles. The van der Waals surface area contributed by atoms with Gasteiger partial charge in [0.1, 0.15) is 11.6 Å². The molecule has 0 unspecified atom stereocenters. The van der Waals surface area contributed by atoms with Gasteiger partial charge in [-0.2, -0.15) is 5.26 Å². The Balaban J connectivity index is 2.79. The van der Waals surface area contributed by atoms with E-state index >= 15 is 0 Å². The highest BCUT2D eigenvalue weighted by molar-refractivity contribution is 7.98. The first-order valence-corrected chi connectivity index (χ1v) is 7.66. The highest BCUT2D eigenvalue weighted by atomic mass is 35.5. The maximum Gasteiger partial charge on any atom is 0.270 e. The monoisotopic (exact) mass is 337 g/mol. The number of aromatic nitrogens is 2. The second-order valence-corrected chi connectivity index (χ2v) is 5.30. The van der Waals surface area contributed by atoms with Crippen molar-refractivity contribution in [2.75, 3.05) is 20.5 Å². The van der Waals surface area contributed by atoms with Gasteiger partial charge >= 0.3 is 0 Å². The van der Waals surface area contributed by atoms with E-state index in [1.807, 2.05) is 6.07 Å². The van der Waals surface area contributed by atoms with Crippen LogP contribution >= 0.6 is 23.4 Å². The van der Waals surface area contributed by atoms with Crippen LogP contribution in [0.15, 0.2) is 22.1 Å². The van der Waals surface area contributed by atoms with Gasteiger partial charge in [-0.05, 0) is 12.3 Å². The molecule has 0 radical (unpaired) electrons. The van der Waals surface area contributed by atoms with Crippen molar-refractivity contribution in [2.24, 2.45) is 0 Å². The molecular weight excluding hydrogens is 326 g/mol. The van der Waals surface area contributed by atoms with Crippen LogP contribution in [-0.4, -0.2) is 30.4 Å². The predicted molar refractivity (Wildman–Crippen MR) is 84.9 cm³/mol. The predicted octanol–water partition coefficient (Wildman–Crippen LogP) is 2.70. The standard InChI is InChI=1S/C14H12ClN3O3S/c1-20-10-4-7(9(15)5-11(10)21-2)12-8(6-16)13(19)18-14(17-12)22-3/h4-5H,1-3H3,(H,17,18,19). The van der Waals surface area contributed by atoms with Crippen molar-refractivity contribution in [3.8, 4) is 28.8 Å². The van der Waals surface area contributed by atoms with Crippen LogP contribution in [0.25, 0.3) is 11.3 Å². The van der Waals surface area contributed by atoms with E-state index in [1.165, 1.54) is 26.0 Å². The van der Waals surface area contributed by atoms with Crippen LogP contribution < -0.4 is 15.0 Å². The molecule has 2 aromatic rings. The first kappa shape index (κ1) is 16.2. The summed E-state index contributed by atoms with van der Waals surface area (Å²) in [6, 6.07) is 5.01. The van der Waals surface area contributed by atoms with Gasteiger partial charge in [0.2, 0.25) is 0 Å². The minimum absolute atomic E-state index is 0.105. The molecule has 1 N–H and O–H groups in total. The maximum absolute atomic E-state index is 12.0. The number of hydrogen-bond donors (Lipinski definition) is 1. The quantitative estimate of drug-likeness (QED) is 0.681. The van der Waals surface area contributed by atoms with Crippen molar-refractivity contribution in [3.05, 3.63) is 33.1 Å². The van der Waals surface area contributed by atoms with Gasteiger partial charge in [0.05, 0.1) is 24.9 Å². The summed E-state index contributed by atoms with van der Waals surface area (Å²) in [5.41, 5.74) is 0.0217. The summed E-state index contributed by atoms with van der Waals surface area (Å²) >= 11 is 7.50. The SMILES string of the molecule is COc1cc(Cl)c(-c2nc(SC)[nH]c(=O)c2C#N)cc1OC. The molecule has 0 atom stereocenters. The fourth-order valence-corrected chi connectivity index (χ4v) is 2.50. The van der Waals surface area contributed by atoms with Gasteiger partial charge in [0.25, 0.3) is 5.56 Å². The van der Waals surface area contributed by atoms with Crippen LogP contribution in [0.2, 0.25) is 5.02 Å². The second kappa shape index (κ2) is 6.73. The van der Waals surface area contributed by atoms with Crippen molar-refractivity contribution in [3.63, 3.8) is 0 Å². The number of ether oxygens (including phenoxy) is 2. The Hall–Kier alpha value is -2.17. The topological polar surface area (TPSA) is 88.0 Å². The van der Waals surface area contributed by atoms with Gasteiger partial charge in [-0.3, -0.25) is 4.79 Å². The second-order valence-electron chi connectivity index (χ2n) is 4.10. The van der Waals surface area contributed by atoms with Crippen LogP contribution in [0.5, 0.6) is 11.5 Å². The number of halogens is 1. The van der Waals surface area contributed by atoms with E-state index in [0.29, 0.717) is 27.2 Å². The third kappa shape index (κ3) is 2.89. The molecule has 0 spiro atoms. The Morgan fingerprint density at radius 1 is 1.32 bits per heavy atom. The molecule has 0 amide bonds. The minimum Gasteiger partial charge on any atom is -0.493 e. The number of nitrogens with one attached hydrogen (secondary N) is 1. The van der Waals surface area contributed by atoms with Gasteiger partial charge in [-0.15, -0.1) is 0 Å². The Morgan fingerprint density at radius 2 is 1.95 bits per heavy atom. The third-order valence-corrected chi connectivity index (χ3v) is 3.82. The summed E-state index contributed by atoms with van der Waals surface area (Å²) in [6.45, 7) is 0. The van der Waals surface area contributed by atoms with Gasteiger partial charge < -0.3 is 14.5 Å². The Labute approximate surface area is 136 Å². The number of thioether (sulfide) groups is 1. The molecule has 0 saturated carbocycles. The van der Waals surface area contributed by atoms with Crippen LogP contribution in [0, 0.1) is 11.3 Å². The molecule has 114 valence electrons. The van der Waals surface area contributed by atoms with Gasteiger partial charge in [-0.25, -0.2) is 4.98 Å². The molecule has 6 nitrogen and oxygen atoms in total. The number of rotatable bonds is 4. The zero-order chi connectivity index (χ0) is 16.3. The van der Waals surface area contributed by atoms with Crippen molar-refractivity contribution >= 4 is 23.4 Å². The van der Waals surface area contributed by atoms with Crippen LogP contribution in [-0.2, 0) is 0 Å². The average molecular weight is 338 g/mol. The molecular formula is C14H12ClN3O3S. The molecule has 0 aliphatic carbocycles. The zero-order valence-corrected chi connectivity index (χ0v) is 13.6. The Kier molecular flexibility index (Phi) is 4.96. The van der Waals surface area contributed by atoms with E-state index in [0.717, 1.165) is 0 Å². The smallest absolute Gasteiger partial charge is 0.270 e. The number of hydrogen-bond acceptors (Lipinski definition) is 6. The summed E-state index contributed by atoms with van der Waals surface area (Å²) < 4.78 is 10.4. The van der Waals surface area contributed by atoms with E-state index in [9.17, 15) is 10.1 Å². The lowest BCUT2D eigenvalue weighted by Crippen LogP contribution is -2.14. The Bertz CT molecular complexity index is 814. The van der Waals surface area contributed by atoms with Gasteiger partial charge in [-0.1, -0.05) is 23.4 Å². The van der Waals surface area contributed by atoms with Crippen LogP contribution in [0.4, 0.5) is 0 Å².